The van der Waals surface area contributed by atoms with Gasteiger partial charge in [-0.2, -0.15) is 5.10 Å². The number of nitrogens with one attached hydrogen (secondary N) is 1. The molecule has 2 aromatic carbocycles. The molecule has 0 amide bonds. The summed E-state index contributed by atoms with van der Waals surface area (Å²) in [6.07, 6.45) is 4.19. The minimum absolute atomic E-state index is 0.1000. The van der Waals surface area contributed by atoms with Gasteiger partial charge >= 0.3 is 11.7 Å². The molecule has 9 heteroatoms. The van der Waals surface area contributed by atoms with E-state index in [9.17, 15) is 14.9 Å². The molecule has 0 aliphatic carbocycles. The number of rotatable bonds is 11. The number of unbranched alkanes of at least 4 members (excludes halogenated alkanes) is 2. The van der Waals surface area contributed by atoms with Crippen molar-refractivity contribution in [1.29, 1.82) is 0 Å². The van der Waals surface area contributed by atoms with Gasteiger partial charge in [-0.1, -0.05) is 19.8 Å². The molecule has 0 radical (unpaired) electrons. The van der Waals surface area contributed by atoms with E-state index in [1.165, 1.54) is 31.5 Å². The first-order valence-electron chi connectivity index (χ1n) is 9.08. The fraction of sp³-hybridized carbons (Fsp3) is 0.300. The lowest BCUT2D eigenvalue weighted by Crippen LogP contribution is -2.04. The Hall–Kier alpha value is -3.62. The zero-order valence-corrected chi connectivity index (χ0v) is 16.3. The van der Waals surface area contributed by atoms with E-state index in [2.05, 4.69) is 17.5 Å². The number of nitro groups is 1. The lowest BCUT2D eigenvalue weighted by Gasteiger charge is -2.11. The summed E-state index contributed by atoms with van der Waals surface area (Å²) in [6, 6.07) is 8.98. The number of carbonyl (C=O) groups is 1. The third-order valence-electron chi connectivity index (χ3n) is 4.01. The van der Waals surface area contributed by atoms with Crippen molar-refractivity contribution in [3.63, 3.8) is 0 Å². The molecule has 2 aromatic rings. The molecule has 0 aliphatic rings. The van der Waals surface area contributed by atoms with Gasteiger partial charge < -0.3 is 14.6 Å². The highest BCUT2D eigenvalue weighted by Crippen LogP contribution is 2.38. The number of hydrogen-bond donors (Lipinski definition) is 2. The van der Waals surface area contributed by atoms with Crippen LogP contribution < -0.4 is 14.9 Å². The van der Waals surface area contributed by atoms with Gasteiger partial charge in [-0.3, -0.25) is 15.5 Å². The van der Waals surface area contributed by atoms with Crippen LogP contribution in [0.15, 0.2) is 41.5 Å². The summed E-state index contributed by atoms with van der Waals surface area (Å²) < 4.78 is 10.9. The van der Waals surface area contributed by atoms with E-state index in [0.717, 1.165) is 19.3 Å². The third kappa shape index (κ3) is 6.20. The highest BCUT2D eigenvalue weighted by Gasteiger charge is 2.22. The molecule has 0 bridgehead atoms. The Kier molecular flexibility index (Phi) is 7.96. The molecule has 9 nitrogen and oxygen atoms in total. The van der Waals surface area contributed by atoms with Gasteiger partial charge in [-0.25, -0.2) is 4.79 Å². The van der Waals surface area contributed by atoms with Crippen LogP contribution in [0.2, 0.25) is 0 Å². The summed E-state index contributed by atoms with van der Waals surface area (Å²) in [6.45, 7) is 2.43. The number of benzene rings is 2. The van der Waals surface area contributed by atoms with Crippen molar-refractivity contribution in [3.05, 3.63) is 57.6 Å². The number of hydrogen-bond acceptors (Lipinski definition) is 7. The fourth-order valence-electron chi connectivity index (χ4n) is 2.51. The summed E-state index contributed by atoms with van der Waals surface area (Å²) >= 11 is 0. The van der Waals surface area contributed by atoms with E-state index in [4.69, 9.17) is 14.6 Å². The molecule has 0 fully saturated rings. The largest absolute Gasteiger partial charge is 0.493 e. The van der Waals surface area contributed by atoms with Gasteiger partial charge in [0.15, 0.2) is 5.75 Å². The van der Waals surface area contributed by atoms with Crippen LogP contribution in [0.5, 0.6) is 11.5 Å². The average molecular weight is 401 g/mol. The molecule has 2 rings (SSSR count). The number of carboxylic acids is 1. The lowest BCUT2D eigenvalue weighted by atomic mass is 10.2. The Morgan fingerprint density at radius 1 is 1.28 bits per heavy atom. The van der Waals surface area contributed by atoms with Gasteiger partial charge in [-0.15, -0.1) is 0 Å². The van der Waals surface area contributed by atoms with Crippen molar-refractivity contribution in [1.82, 2.24) is 0 Å². The zero-order valence-electron chi connectivity index (χ0n) is 16.3. The Bertz CT molecular complexity index is 881. The molecular formula is C20H23N3O6. The monoisotopic (exact) mass is 401 g/mol. The summed E-state index contributed by atoms with van der Waals surface area (Å²) in [4.78, 5) is 21.8. The Morgan fingerprint density at radius 3 is 2.59 bits per heavy atom. The molecule has 0 spiro atoms. The number of ether oxygens (including phenoxy) is 2. The van der Waals surface area contributed by atoms with Gasteiger partial charge in [0, 0.05) is 11.6 Å². The first-order valence-corrected chi connectivity index (χ1v) is 9.08. The normalized spacial score (nSPS) is 10.7. The maximum Gasteiger partial charge on any atom is 0.335 e. The van der Waals surface area contributed by atoms with Crippen molar-refractivity contribution >= 4 is 23.6 Å². The number of hydrazone groups is 1. The summed E-state index contributed by atoms with van der Waals surface area (Å²) in [7, 11) is 1.42. The van der Waals surface area contributed by atoms with E-state index >= 15 is 0 Å². The van der Waals surface area contributed by atoms with Crippen molar-refractivity contribution in [3.8, 4) is 11.5 Å². The highest BCUT2D eigenvalue weighted by molar-refractivity contribution is 5.88. The Morgan fingerprint density at radius 2 is 2.00 bits per heavy atom. The summed E-state index contributed by atoms with van der Waals surface area (Å²) in [5.41, 5.74) is 3.72. The van der Waals surface area contributed by atoms with Gasteiger partial charge in [0.25, 0.3) is 0 Å². The van der Waals surface area contributed by atoms with Crippen LogP contribution >= 0.6 is 0 Å². The number of nitrogens with zero attached hydrogens (tertiary/aromatic N) is 2. The molecule has 0 heterocycles. The number of anilines is 1. The molecular weight excluding hydrogens is 378 g/mol. The third-order valence-corrected chi connectivity index (χ3v) is 4.01. The van der Waals surface area contributed by atoms with Gasteiger partial charge in [0.05, 0.1) is 36.1 Å². The van der Waals surface area contributed by atoms with Crippen LogP contribution in [0.1, 0.15) is 42.1 Å². The summed E-state index contributed by atoms with van der Waals surface area (Å²) in [5, 5.41) is 24.4. The van der Waals surface area contributed by atoms with Gasteiger partial charge in [-0.05, 0) is 36.8 Å². The fourth-order valence-corrected chi connectivity index (χ4v) is 2.51. The first-order chi connectivity index (χ1) is 14.0. The van der Waals surface area contributed by atoms with Crippen LogP contribution in [0.25, 0.3) is 0 Å². The molecule has 0 atom stereocenters. The molecule has 0 unspecified atom stereocenters. The second-order valence-corrected chi connectivity index (χ2v) is 6.14. The van der Waals surface area contributed by atoms with Crippen molar-refractivity contribution in [2.45, 2.75) is 26.2 Å². The van der Waals surface area contributed by atoms with E-state index < -0.39 is 10.9 Å². The van der Waals surface area contributed by atoms with Crippen molar-refractivity contribution in [2.24, 2.45) is 5.10 Å². The molecule has 154 valence electrons. The average Bonchev–Trinajstić information content (AvgIpc) is 2.71. The Balaban J connectivity index is 2.17. The van der Waals surface area contributed by atoms with Crippen LogP contribution in [0.3, 0.4) is 0 Å². The predicted octanol–water partition coefficient (Wildman–Crippen LogP) is 4.32. The maximum atomic E-state index is 11.5. The Labute approximate surface area is 168 Å². The van der Waals surface area contributed by atoms with Crippen molar-refractivity contribution in [2.75, 3.05) is 19.1 Å². The van der Waals surface area contributed by atoms with Crippen LogP contribution in [-0.4, -0.2) is 35.9 Å². The minimum Gasteiger partial charge on any atom is -0.493 e. The maximum absolute atomic E-state index is 11.5. The van der Waals surface area contributed by atoms with E-state index in [0.29, 0.717) is 17.9 Å². The number of methoxy groups -OCH3 is 1. The number of carboxylic acid groups (broad SMARTS) is 1. The van der Waals surface area contributed by atoms with Crippen molar-refractivity contribution < 1.29 is 24.3 Å². The summed E-state index contributed by atoms with van der Waals surface area (Å²) in [5.74, 6) is -0.664. The SMILES string of the molecule is CCCCCOc1c(OC)cc(C=NNc2ccc(C(=O)O)cc2)cc1[N+](=O)[O-]. The highest BCUT2D eigenvalue weighted by atomic mass is 16.6. The topological polar surface area (TPSA) is 123 Å². The van der Waals surface area contributed by atoms with Gasteiger partial charge in [0.1, 0.15) is 0 Å². The molecule has 0 saturated carbocycles. The smallest absolute Gasteiger partial charge is 0.335 e. The lowest BCUT2D eigenvalue weighted by molar-refractivity contribution is -0.386. The van der Waals surface area contributed by atoms with Crippen LogP contribution in [0, 0.1) is 10.1 Å². The second-order valence-electron chi connectivity index (χ2n) is 6.14. The van der Waals surface area contributed by atoms with Crippen LogP contribution in [0.4, 0.5) is 11.4 Å². The molecule has 0 aromatic heterocycles. The predicted molar refractivity (Wildman–Crippen MR) is 109 cm³/mol. The van der Waals surface area contributed by atoms with Gasteiger partial charge in [0.2, 0.25) is 5.75 Å². The molecule has 2 N–H and O–H groups in total. The first kappa shape index (κ1) is 21.7. The number of nitro benzene ring substituents is 1. The number of aromatic carboxylic acids is 1. The quantitative estimate of drug-likeness (QED) is 0.249. The minimum atomic E-state index is -1.02. The second kappa shape index (κ2) is 10.6. The zero-order chi connectivity index (χ0) is 21.2. The van der Waals surface area contributed by atoms with E-state index in [1.54, 1.807) is 18.2 Å². The molecule has 0 saturated heterocycles. The van der Waals surface area contributed by atoms with Crippen LogP contribution in [-0.2, 0) is 0 Å². The standard InChI is InChI=1S/C20H23N3O6/c1-3-4-5-10-29-19-17(23(26)27)11-14(12-18(19)28-2)13-21-22-16-8-6-15(7-9-16)20(24)25/h6-9,11-13,22H,3-5,10H2,1-2H3,(H,24,25). The van der Waals surface area contributed by atoms with E-state index in [1.807, 2.05) is 0 Å². The molecule has 0 aliphatic heterocycles. The van der Waals surface area contributed by atoms with E-state index in [-0.39, 0.29) is 22.7 Å². The molecule has 29 heavy (non-hydrogen) atoms.